The van der Waals surface area contributed by atoms with Crippen molar-refractivity contribution in [2.75, 3.05) is 23.3 Å². The second kappa shape index (κ2) is 7.14. The molecule has 142 valence electrons. The molecule has 4 aromatic rings. The maximum absolute atomic E-state index is 12.9. The number of fused-ring (bicyclic) bond motifs is 2. The summed E-state index contributed by atoms with van der Waals surface area (Å²) < 4.78 is 2.30. The van der Waals surface area contributed by atoms with Crippen LogP contribution in [0.15, 0.2) is 42.5 Å². The van der Waals surface area contributed by atoms with E-state index in [1.165, 1.54) is 21.6 Å². The molecular formula is C21H20N4OS2. The van der Waals surface area contributed by atoms with Gasteiger partial charge in [0.15, 0.2) is 10.3 Å². The Hall–Kier alpha value is -2.51. The summed E-state index contributed by atoms with van der Waals surface area (Å²) in [5, 5.41) is 4.74. The number of piperidine rings is 1. The van der Waals surface area contributed by atoms with Gasteiger partial charge in [0.2, 0.25) is 5.91 Å². The Balaban J connectivity index is 1.31. The smallest absolute Gasteiger partial charge is 0.231 e. The molecule has 0 saturated carbocycles. The molecule has 1 amide bonds. The van der Waals surface area contributed by atoms with Gasteiger partial charge in [-0.3, -0.25) is 4.79 Å². The lowest BCUT2D eigenvalue weighted by atomic mass is 9.97. The number of nitrogens with zero attached hydrogens (tertiary/aromatic N) is 3. The topological polar surface area (TPSA) is 58.1 Å². The van der Waals surface area contributed by atoms with Crippen molar-refractivity contribution in [3.05, 3.63) is 48.0 Å². The molecule has 3 heterocycles. The highest BCUT2D eigenvalue weighted by Crippen LogP contribution is 2.32. The van der Waals surface area contributed by atoms with E-state index in [1.54, 1.807) is 11.3 Å². The standard InChI is InChI=1S/C21H20N4OS2/c1-13-8-9-16-18(11-13)27-20(22-16)24-19(26)14-5-4-10-25(12-14)21-23-15-6-2-3-7-17(15)28-21/h2-3,6-9,11,14H,4-5,10,12H2,1H3,(H,22,24,26). The second-order valence-electron chi connectivity index (χ2n) is 7.23. The number of para-hydroxylation sites is 1. The number of rotatable bonds is 3. The highest BCUT2D eigenvalue weighted by molar-refractivity contribution is 7.22. The Labute approximate surface area is 171 Å². The molecule has 5 rings (SSSR count). The molecule has 0 aliphatic carbocycles. The number of hydrogen-bond donors (Lipinski definition) is 1. The second-order valence-corrected chi connectivity index (χ2v) is 9.27. The lowest BCUT2D eigenvalue weighted by molar-refractivity contribution is -0.120. The number of aromatic nitrogens is 2. The number of thiazole rings is 2. The van der Waals surface area contributed by atoms with E-state index in [-0.39, 0.29) is 11.8 Å². The van der Waals surface area contributed by atoms with Crippen LogP contribution in [0.3, 0.4) is 0 Å². The lowest BCUT2D eigenvalue weighted by Crippen LogP contribution is -2.40. The number of aryl methyl sites for hydroxylation is 1. The molecule has 2 aromatic heterocycles. The monoisotopic (exact) mass is 408 g/mol. The summed E-state index contributed by atoms with van der Waals surface area (Å²) in [6, 6.07) is 14.3. The van der Waals surface area contributed by atoms with Crippen LogP contribution >= 0.6 is 22.7 Å². The molecule has 0 bridgehead atoms. The molecule has 2 aromatic carbocycles. The van der Waals surface area contributed by atoms with Crippen molar-refractivity contribution in [3.63, 3.8) is 0 Å². The van der Waals surface area contributed by atoms with Crippen LogP contribution < -0.4 is 10.2 Å². The SMILES string of the molecule is Cc1ccc2nc(NC(=O)C3CCCN(c4nc5ccccc5s4)C3)sc2c1. The summed E-state index contributed by atoms with van der Waals surface area (Å²) >= 11 is 3.24. The first-order valence-electron chi connectivity index (χ1n) is 9.44. The van der Waals surface area contributed by atoms with E-state index in [1.807, 2.05) is 30.3 Å². The Morgan fingerprint density at radius 1 is 1.11 bits per heavy atom. The Morgan fingerprint density at radius 3 is 2.86 bits per heavy atom. The molecule has 0 radical (unpaired) electrons. The lowest BCUT2D eigenvalue weighted by Gasteiger charge is -2.31. The van der Waals surface area contributed by atoms with Crippen LogP contribution in [0.25, 0.3) is 20.4 Å². The normalized spacial score (nSPS) is 17.3. The van der Waals surface area contributed by atoms with E-state index in [0.717, 1.165) is 40.3 Å². The summed E-state index contributed by atoms with van der Waals surface area (Å²) in [5.74, 6) is 0.0103. The van der Waals surface area contributed by atoms with Crippen molar-refractivity contribution in [1.82, 2.24) is 9.97 Å². The number of hydrogen-bond acceptors (Lipinski definition) is 6. The molecule has 28 heavy (non-hydrogen) atoms. The molecule has 1 unspecified atom stereocenters. The maximum Gasteiger partial charge on any atom is 0.231 e. The molecule has 0 spiro atoms. The first-order valence-corrected chi connectivity index (χ1v) is 11.1. The van der Waals surface area contributed by atoms with Gasteiger partial charge in [0.1, 0.15) is 0 Å². The van der Waals surface area contributed by atoms with Crippen molar-refractivity contribution in [3.8, 4) is 0 Å². The molecule has 1 aliphatic heterocycles. The van der Waals surface area contributed by atoms with Gasteiger partial charge in [-0.15, -0.1) is 0 Å². The van der Waals surface area contributed by atoms with E-state index in [9.17, 15) is 4.79 Å². The highest BCUT2D eigenvalue weighted by Gasteiger charge is 2.28. The van der Waals surface area contributed by atoms with Crippen molar-refractivity contribution < 1.29 is 4.79 Å². The first kappa shape index (κ1) is 17.6. The van der Waals surface area contributed by atoms with E-state index >= 15 is 0 Å². The van der Waals surface area contributed by atoms with Gasteiger partial charge in [-0.1, -0.05) is 40.9 Å². The van der Waals surface area contributed by atoms with Gasteiger partial charge in [-0.2, -0.15) is 0 Å². The largest absolute Gasteiger partial charge is 0.347 e. The molecule has 7 heteroatoms. The van der Waals surface area contributed by atoms with Crippen molar-refractivity contribution in [2.24, 2.45) is 5.92 Å². The quantitative estimate of drug-likeness (QED) is 0.514. The zero-order chi connectivity index (χ0) is 19.1. The summed E-state index contributed by atoms with van der Waals surface area (Å²) in [6.45, 7) is 3.72. The predicted octanol–water partition coefficient (Wildman–Crippen LogP) is 5.07. The first-order chi connectivity index (χ1) is 13.7. The number of amides is 1. The molecule has 1 saturated heterocycles. The Kier molecular flexibility index (Phi) is 4.49. The zero-order valence-corrected chi connectivity index (χ0v) is 17.1. The number of carbonyl (C=O) groups is 1. The highest BCUT2D eigenvalue weighted by atomic mass is 32.1. The van der Waals surface area contributed by atoms with Crippen LogP contribution in [0.5, 0.6) is 0 Å². The van der Waals surface area contributed by atoms with Gasteiger partial charge >= 0.3 is 0 Å². The predicted molar refractivity (Wildman–Crippen MR) is 118 cm³/mol. The van der Waals surface area contributed by atoms with Crippen LogP contribution in [-0.4, -0.2) is 29.0 Å². The van der Waals surface area contributed by atoms with Gasteiger partial charge in [0.05, 0.1) is 26.4 Å². The third-order valence-electron chi connectivity index (χ3n) is 5.12. The fourth-order valence-corrected chi connectivity index (χ4v) is 5.62. The van der Waals surface area contributed by atoms with Gasteiger partial charge < -0.3 is 10.2 Å². The van der Waals surface area contributed by atoms with Crippen LogP contribution in [0.2, 0.25) is 0 Å². The fourth-order valence-electron chi connectivity index (χ4n) is 3.65. The third-order valence-corrected chi connectivity index (χ3v) is 7.15. The number of benzene rings is 2. The minimum Gasteiger partial charge on any atom is -0.347 e. The Bertz CT molecular complexity index is 1130. The van der Waals surface area contributed by atoms with Crippen molar-refractivity contribution in [1.29, 1.82) is 0 Å². The number of anilines is 2. The average molecular weight is 409 g/mol. The van der Waals surface area contributed by atoms with E-state index < -0.39 is 0 Å². The number of nitrogens with one attached hydrogen (secondary N) is 1. The molecule has 5 nitrogen and oxygen atoms in total. The molecule has 1 aliphatic rings. The van der Waals surface area contributed by atoms with Gasteiger partial charge in [0, 0.05) is 13.1 Å². The van der Waals surface area contributed by atoms with E-state index in [2.05, 4.69) is 34.3 Å². The summed E-state index contributed by atoms with van der Waals surface area (Å²) in [6.07, 6.45) is 1.89. The van der Waals surface area contributed by atoms with Crippen LogP contribution in [0.4, 0.5) is 10.3 Å². The summed E-state index contributed by atoms with van der Waals surface area (Å²) in [7, 11) is 0. The number of carbonyl (C=O) groups excluding carboxylic acids is 1. The minimum atomic E-state index is -0.0467. The average Bonchev–Trinajstić information content (AvgIpc) is 3.31. The van der Waals surface area contributed by atoms with Crippen LogP contribution in [0, 0.1) is 12.8 Å². The maximum atomic E-state index is 12.9. The van der Waals surface area contributed by atoms with Crippen LogP contribution in [-0.2, 0) is 4.79 Å². The van der Waals surface area contributed by atoms with Gasteiger partial charge in [-0.05, 0) is 49.6 Å². The minimum absolute atomic E-state index is 0.0467. The fraction of sp³-hybridized carbons (Fsp3) is 0.286. The van der Waals surface area contributed by atoms with Crippen molar-refractivity contribution in [2.45, 2.75) is 19.8 Å². The molecule has 1 atom stereocenters. The third kappa shape index (κ3) is 3.36. The van der Waals surface area contributed by atoms with Crippen LogP contribution in [0.1, 0.15) is 18.4 Å². The van der Waals surface area contributed by atoms with E-state index in [0.29, 0.717) is 11.7 Å². The molecule has 1 fully saturated rings. The Morgan fingerprint density at radius 2 is 1.96 bits per heavy atom. The van der Waals surface area contributed by atoms with Gasteiger partial charge in [-0.25, -0.2) is 9.97 Å². The zero-order valence-electron chi connectivity index (χ0n) is 15.5. The van der Waals surface area contributed by atoms with Crippen molar-refractivity contribution >= 4 is 59.3 Å². The molecular weight excluding hydrogens is 388 g/mol. The van der Waals surface area contributed by atoms with E-state index in [4.69, 9.17) is 4.98 Å². The molecule has 1 N–H and O–H groups in total. The van der Waals surface area contributed by atoms with Gasteiger partial charge in [0.25, 0.3) is 0 Å². The summed E-state index contributed by atoms with van der Waals surface area (Å²) in [5.41, 5.74) is 3.16. The summed E-state index contributed by atoms with van der Waals surface area (Å²) in [4.78, 5) is 24.4.